The summed E-state index contributed by atoms with van der Waals surface area (Å²) in [6, 6.07) is 14.7. The highest BCUT2D eigenvalue weighted by atomic mass is 32.1. The second-order valence-electron chi connectivity index (χ2n) is 4.16. The van der Waals surface area contributed by atoms with Gasteiger partial charge in [0.25, 0.3) is 0 Å². The largest absolute Gasteiger partial charge is 0.504 e. The topological polar surface area (TPSA) is 61.0 Å². The van der Waals surface area contributed by atoms with E-state index in [4.69, 9.17) is 12.2 Å². The number of aromatic nitrogens is 1. The monoisotopic (exact) mass is 283 g/mol. The molecule has 1 aromatic carbocycles. The third-order valence-corrected chi connectivity index (χ3v) is 3.10. The first-order chi connectivity index (χ1) is 9.63. The van der Waals surface area contributed by atoms with E-state index in [2.05, 4.69) is 5.32 Å². The van der Waals surface area contributed by atoms with Crippen molar-refractivity contribution >= 4 is 28.7 Å². The molecular formula is C15H13N3OS. The van der Waals surface area contributed by atoms with Gasteiger partial charge < -0.3 is 15.0 Å². The molecule has 100 valence electrons. The van der Waals surface area contributed by atoms with Gasteiger partial charge in [-0.2, -0.15) is 5.26 Å². The van der Waals surface area contributed by atoms with Crippen LogP contribution in [-0.4, -0.2) is 14.7 Å². The highest BCUT2D eigenvalue weighted by molar-refractivity contribution is 7.81. The zero-order valence-electron chi connectivity index (χ0n) is 10.9. The molecule has 0 fully saturated rings. The Kier molecular flexibility index (Phi) is 4.18. The number of benzene rings is 1. The molecular weight excluding hydrogens is 270 g/mol. The van der Waals surface area contributed by atoms with Crippen molar-refractivity contribution in [2.45, 2.75) is 0 Å². The van der Waals surface area contributed by atoms with E-state index in [1.54, 1.807) is 29.9 Å². The fraction of sp³-hybridized carbons (Fsp3) is 0.0667. The molecule has 4 nitrogen and oxygen atoms in total. The molecule has 1 heterocycles. The second-order valence-corrected chi connectivity index (χ2v) is 4.57. The molecule has 2 rings (SSSR count). The first kappa shape index (κ1) is 13.8. The number of thiocarbonyl (C=S) groups is 1. The van der Waals surface area contributed by atoms with Crippen molar-refractivity contribution in [2.24, 2.45) is 7.05 Å². The zero-order chi connectivity index (χ0) is 14.5. The SMILES string of the molecule is Cn1cccc1/C(O)=C(\C#N)C(=S)Nc1ccccc1. The van der Waals surface area contributed by atoms with E-state index < -0.39 is 0 Å². The fourth-order valence-electron chi connectivity index (χ4n) is 1.76. The van der Waals surface area contributed by atoms with Crippen molar-refractivity contribution in [3.63, 3.8) is 0 Å². The third-order valence-electron chi connectivity index (χ3n) is 2.79. The van der Waals surface area contributed by atoms with Gasteiger partial charge >= 0.3 is 0 Å². The minimum atomic E-state index is -0.131. The van der Waals surface area contributed by atoms with Crippen molar-refractivity contribution in [3.05, 3.63) is 59.9 Å². The predicted octanol–water partition coefficient (Wildman–Crippen LogP) is 3.26. The van der Waals surface area contributed by atoms with Gasteiger partial charge in [-0.05, 0) is 24.3 Å². The lowest BCUT2D eigenvalue weighted by atomic mass is 10.2. The number of hydrogen-bond donors (Lipinski definition) is 2. The van der Waals surface area contributed by atoms with Gasteiger partial charge in [-0.25, -0.2) is 0 Å². The summed E-state index contributed by atoms with van der Waals surface area (Å²) in [7, 11) is 1.79. The Bertz CT molecular complexity index is 695. The predicted molar refractivity (Wildman–Crippen MR) is 83.2 cm³/mol. The molecule has 0 amide bonds. The number of nitrogens with one attached hydrogen (secondary N) is 1. The van der Waals surface area contributed by atoms with Gasteiger partial charge in [0.1, 0.15) is 16.6 Å². The molecule has 0 saturated carbocycles. The van der Waals surface area contributed by atoms with E-state index >= 15 is 0 Å². The molecule has 1 aromatic heterocycles. The fourth-order valence-corrected chi connectivity index (χ4v) is 2.02. The van der Waals surface area contributed by atoms with E-state index in [0.29, 0.717) is 5.69 Å². The summed E-state index contributed by atoms with van der Waals surface area (Å²) >= 11 is 5.19. The van der Waals surface area contributed by atoms with Crippen LogP contribution in [0.25, 0.3) is 5.76 Å². The van der Waals surface area contributed by atoms with Gasteiger partial charge in [0.15, 0.2) is 5.76 Å². The number of aliphatic hydroxyl groups is 1. The molecule has 0 spiro atoms. The highest BCUT2D eigenvalue weighted by Gasteiger charge is 2.15. The molecule has 5 heteroatoms. The summed E-state index contributed by atoms with van der Waals surface area (Å²) < 4.78 is 1.72. The molecule has 0 atom stereocenters. The number of nitrogens with zero attached hydrogens (tertiary/aromatic N) is 2. The maximum Gasteiger partial charge on any atom is 0.160 e. The minimum Gasteiger partial charge on any atom is -0.504 e. The number of aryl methyl sites for hydroxylation is 1. The van der Waals surface area contributed by atoms with Gasteiger partial charge in [-0.15, -0.1) is 0 Å². The summed E-state index contributed by atoms with van der Waals surface area (Å²) in [4.78, 5) is 0.192. The van der Waals surface area contributed by atoms with E-state index in [0.717, 1.165) is 5.69 Å². The molecule has 20 heavy (non-hydrogen) atoms. The van der Waals surface area contributed by atoms with Crippen LogP contribution in [0.3, 0.4) is 0 Å². The Balaban J connectivity index is 2.31. The van der Waals surface area contributed by atoms with Gasteiger partial charge in [0.2, 0.25) is 0 Å². The van der Waals surface area contributed by atoms with E-state index in [1.807, 2.05) is 36.4 Å². The average molecular weight is 283 g/mol. The molecule has 0 radical (unpaired) electrons. The van der Waals surface area contributed by atoms with Crippen molar-refractivity contribution in [2.75, 3.05) is 5.32 Å². The minimum absolute atomic E-state index is 0.0469. The molecule has 0 aliphatic heterocycles. The Hall–Kier alpha value is -2.58. The molecule has 2 aromatic rings. The summed E-state index contributed by atoms with van der Waals surface area (Å²) in [5.41, 5.74) is 1.36. The van der Waals surface area contributed by atoms with E-state index in [1.165, 1.54) is 0 Å². The van der Waals surface area contributed by atoms with Crippen LogP contribution in [0, 0.1) is 11.3 Å². The molecule has 0 aliphatic carbocycles. The Labute approximate surface area is 122 Å². The number of rotatable bonds is 3. The maximum absolute atomic E-state index is 10.2. The Morgan fingerprint density at radius 3 is 2.50 bits per heavy atom. The van der Waals surface area contributed by atoms with Crippen molar-refractivity contribution in [1.82, 2.24) is 4.57 Å². The molecule has 0 bridgehead atoms. The number of nitriles is 1. The standard InChI is InChI=1S/C15H13N3OS/c1-18-9-5-8-13(18)14(19)12(10-16)15(20)17-11-6-3-2-4-7-11/h2-9,19H,1H3,(H,17,20)/b14-12-. The molecule has 0 saturated heterocycles. The molecule has 0 aliphatic rings. The summed E-state index contributed by atoms with van der Waals surface area (Å²) in [6.07, 6.45) is 1.79. The first-order valence-electron chi connectivity index (χ1n) is 5.95. The van der Waals surface area contributed by atoms with Crippen LogP contribution >= 0.6 is 12.2 Å². The number of aliphatic hydroxyl groups excluding tert-OH is 1. The number of para-hydroxylation sites is 1. The van der Waals surface area contributed by atoms with Crippen LogP contribution in [-0.2, 0) is 7.05 Å². The van der Waals surface area contributed by atoms with E-state index in [9.17, 15) is 10.4 Å². The van der Waals surface area contributed by atoms with Crippen molar-refractivity contribution in [3.8, 4) is 6.07 Å². The number of anilines is 1. The smallest absolute Gasteiger partial charge is 0.160 e. The summed E-state index contributed by atoms with van der Waals surface area (Å²) in [6.45, 7) is 0. The van der Waals surface area contributed by atoms with E-state index in [-0.39, 0.29) is 16.3 Å². The molecule has 2 N–H and O–H groups in total. The quantitative estimate of drug-likeness (QED) is 0.393. The Morgan fingerprint density at radius 1 is 1.25 bits per heavy atom. The van der Waals surface area contributed by atoms with Crippen LogP contribution < -0.4 is 5.32 Å². The van der Waals surface area contributed by atoms with Crippen molar-refractivity contribution < 1.29 is 5.11 Å². The lowest BCUT2D eigenvalue weighted by molar-refractivity contribution is 0.503. The summed E-state index contributed by atoms with van der Waals surface area (Å²) in [5.74, 6) is -0.131. The maximum atomic E-state index is 10.2. The van der Waals surface area contributed by atoms with Crippen LogP contribution in [0.2, 0.25) is 0 Å². The van der Waals surface area contributed by atoms with Gasteiger partial charge in [-0.3, -0.25) is 0 Å². The van der Waals surface area contributed by atoms with Crippen LogP contribution in [0.1, 0.15) is 5.69 Å². The van der Waals surface area contributed by atoms with Crippen LogP contribution in [0.15, 0.2) is 54.2 Å². The lowest BCUT2D eigenvalue weighted by Gasteiger charge is -2.09. The molecule has 0 unspecified atom stereocenters. The number of hydrogen-bond acceptors (Lipinski definition) is 3. The van der Waals surface area contributed by atoms with Crippen LogP contribution in [0.5, 0.6) is 0 Å². The zero-order valence-corrected chi connectivity index (χ0v) is 11.7. The third kappa shape index (κ3) is 2.87. The van der Waals surface area contributed by atoms with Crippen molar-refractivity contribution in [1.29, 1.82) is 5.26 Å². The average Bonchev–Trinajstić information content (AvgIpc) is 2.86. The lowest BCUT2D eigenvalue weighted by Crippen LogP contribution is -2.13. The van der Waals surface area contributed by atoms with Gasteiger partial charge in [-0.1, -0.05) is 30.4 Å². The van der Waals surface area contributed by atoms with Crippen LogP contribution in [0.4, 0.5) is 5.69 Å². The highest BCUT2D eigenvalue weighted by Crippen LogP contribution is 2.18. The second kappa shape index (κ2) is 6.04. The Morgan fingerprint density at radius 2 is 1.95 bits per heavy atom. The summed E-state index contributed by atoms with van der Waals surface area (Å²) in [5, 5.41) is 22.4. The van der Waals surface area contributed by atoms with Gasteiger partial charge in [0, 0.05) is 18.9 Å². The normalized spacial score (nSPS) is 11.4. The van der Waals surface area contributed by atoms with Gasteiger partial charge in [0.05, 0.1) is 5.69 Å². The first-order valence-corrected chi connectivity index (χ1v) is 6.35.